The molecule has 3 aromatic carbocycles. The predicted octanol–water partition coefficient (Wildman–Crippen LogP) is 5.01. The molecule has 152 valence electrons. The molecule has 2 atom stereocenters. The molecule has 1 aliphatic rings. The molecule has 0 saturated heterocycles. The first-order chi connectivity index (χ1) is 13.8. The van der Waals surface area contributed by atoms with E-state index in [1.165, 1.54) is 0 Å². The average molecular weight is 412 g/mol. The fourth-order valence-corrected chi connectivity index (χ4v) is 3.73. The summed E-state index contributed by atoms with van der Waals surface area (Å²) in [5, 5.41) is 0. The maximum atomic E-state index is 6.32. The number of hydrogen-bond acceptors (Lipinski definition) is 4. The lowest BCUT2D eigenvalue weighted by molar-refractivity contribution is -0.0232. The van der Waals surface area contributed by atoms with Gasteiger partial charge in [0.25, 0.3) is 0 Å². The van der Waals surface area contributed by atoms with Crippen LogP contribution in [0.4, 0.5) is 0 Å². The largest absolute Gasteiger partial charge is 0.493 e. The summed E-state index contributed by atoms with van der Waals surface area (Å²) in [4.78, 5) is 0. The second kappa shape index (κ2) is 9.79. The smallest absolute Gasteiger partial charge is 0.165 e. The molecular weight excluding hydrogens is 386 g/mol. The van der Waals surface area contributed by atoms with Gasteiger partial charge in [0.2, 0.25) is 0 Å². The minimum atomic E-state index is -0.168. The Morgan fingerprint density at radius 3 is 2.31 bits per heavy atom. The van der Waals surface area contributed by atoms with Gasteiger partial charge >= 0.3 is 0 Å². The molecule has 2 N–H and O–H groups in total. The summed E-state index contributed by atoms with van der Waals surface area (Å²) in [6.07, 6.45) is 0.490. The Morgan fingerprint density at radius 2 is 1.66 bits per heavy atom. The third-order valence-electron chi connectivity index (χ3n) is 5.16. The van der Waals surface area contributed by atoms with Crippen molar-refractivity contribution in [2.45, 2.75) is 25.2 Å². The minimum absolute atomic E-state index is 0. The van der Waals surface area contributed by atoms with Crippen molar-refractivity contribution in [2.24, 2.45) is 5.73 Å². The molecule has 1 heterocycles. The van der Waals surface area contributed by atoms with Gasteiger partial charge in [0.1, 0.15) is 6.61 Å². The van der Waals surface area contributed by atoms with Gasteiger partial charge in [0, 0.05) is 18.5 Å². The van der Waals surface area contributed by atoms with Crippen LogP contribution in [0.3, 0.4) is 0 Å². The number of halogens is 1. The van der Waals surface area contributed by atoms with Gasteiger partial charge in [-0.15, -0.1) is 12.4 Å². The molecule has 3 aromatic rings. The lowest BCUT2D eigenvalue weighted by Gasteiger charge is -2.33. The van der Waals surface area contributed by atoms with Crippen LogP contribution in [-0.4, -0.2) is 13.7 Å². The Labute approximate surface area is 178 Å². The van der Waals surface area contributed by atoms with Crippen molar-refractivity contribution in [3.05, 3.63) is 95.1 Å². The van der Waals surface area contributed by atoms with Crippen LogP contribution in [0.1, 0.15) is 34.5 Å². The van der Waals surface area contributed by atoms with E-state index in [9.17, 15) is 0 Å². The molecule has 0 aliphatic carbocycles. The van der Waals surface area contributed by atoms with Gasteiger partial charge in [0.05, 0.1) is 19.3 Å². The van der Waals surface area contributed by atoms with Crippen LogP contribution in [0.2, 0.25) is 0 Å². The topological polar surface area (TPSA) is 53.7 Å². The molecule has 5 heteroatoms. The van der Waals surface area contributed by atoms with Crippen molar-refractivity contribution in [1.82, 2.24) is 0 Å². The normalized spacial score (nSPS) is 17.7. The van der Waals surface area contributed by atoms with Crippen molar-refractivity contribution in [1.29, 1.82) is 0 Å². The molecule has 0 fully saturated rings. The van der Waals surface area contributed by atoms with E-state index in [-0.39, 0.29) is 24.6 Å². The highest BCUT2D eigenvalue weighted by atomic mass is 35.5. The number of ether oxygens (including phenoxy) is 3. The fourth-order valence-electron chi connectivity index (χ4n) is 3.73. The van der Waals surface area contributed by atoms with Crippen LogP contribution >= 0.6 is 12.4 Å². The summed E-state index contributed by atoms with van der Waals surface area (Å²) in [6.45, 7) is 0.901. The zero-order valence-electron chi connectivity index (χ0n) is 16.4. The summed E-state index contributed by atoms with van der Waals surface area (Å²) in [5.74, 6) is 1.52. The molecule has 0 radical (unpaired) electrons. The maximum absolute atomic E-state index is 6.32. The molecule has 4 rings (SSSR count). The van der Waals surface area contributed by atoms with Crippen molar-refractivity contribution in [3.8, 4) is 11.5 Å². The first-order valence-corrected chi connectivity index (χ1v) is 9.57. The second-order valence-corrected chi connectivity index (χ2v) is 6.90. The number of rotatable bonds is 6. The summed E-state index contributed by atoms with van der Waals surface area (Å²) in [5.41, 5.74) is 10.5. The van der Waals surface area contributed by atoms with E-state index >= 15 is 0 Å². The molecule has 0 unspecified atom stereocenters. The number of methoxy groups -OCH3 is 1. The summed E-state index contributed by atoms with van der Waals surface area (Å²) in [6, 6.07) is 24.4. The molecule has 0 aromatic heterocycles. The lowest BCUT2D eigenvalue weighted by atomic mass is 9.90. The van der Waals surface area contributed by atoms with E-state index < -0.39 is 0 Å². The number of nitrogens with two attached hydrogens (primary N) is 1. The van der Waals surface area contributed by atoms with E-state index in [1.54, 1.807) is 7.11 Å². The first-order valence-electron chi connectivity index (χ1n) is 9.57. The Morgan fingerprint density at radius 1 is 0.966 bits per heavy atom. The standard InChI is InChI=1S/C24H25NO3.ClH/c1-26-21-13-12-19-20(24(21)27-16-17-8-4-2-5-9-17)14-22(28-23(19)15-25)18-10-6-3-7-11-18;/h2-13,22-23H,14-16,25H2,1H3;1H/t22-,23-;/m0./s1. The molecule has 0 spiro atoms. The first kappa shape index (κ1) is 21.2. The summed E-state index contributed by atoms with van der Waals surface area (Å²) in [7, 11) is 1.67. The monoisotopic (exact) mass is 411 g/mol. The molecular formula is C24H26ClNO3. The number of benzene rings is 3. The molecule has 29 heavy (non-hydrogen) atoms. The zero-order chi connectivity index (χ0) is 19.3. The highest BCUT2D eigenvalue weighted by Crippen LogP contribution is 2.44. The molecule has 1 aliphatic heterocycles. The highest BCUT2D eigenvalue weighted by Gasteiger charge is 2.31. The second-order valence-electron chi connectivity index (χ2n) is 6.90. The third-order valence-corrected chi connectivity index (χ3v) is 5.16. The van der Waals surface area contributed by atoms with Crippen LogP contribution in [0.15, 0.2) is 72.8 Å². The zero-order valence-corrected chi connectivity index (χ0v) is 17.2. The Balaban J connectivity index is 0.00000240. The lowest BCUT2D eigenvalue weighted by Crippen LogP contribution is -2.26. The maximum Gasteiger partial charge on any atom is 0.165 e. The van der Waals surface area contributed by atoms with Crippen molar-refractivity contribution in [2.75, 3.05) is 13.7 Å². The van der Waals surface area contributed by atoms with Crippen LogP contribution in [0.25, 0.3) is 0 Å². The minimum Gasteiger partial charge on any atom is -0.493 e. The van der Waals surface area contributed by atoms with E-state index in [4.69, 9.17) is 19.9 Å². The van der Waals surface area contributed by atoms with Crippen LogP contribution in [-0.2, 0) is 17.8 Å². The Kier molecular flexibility index (Phi) is 7.15. The van der Waals surface area contributed by atoms with Gasteiger partial charge in [-0.1, -0.05) is 66.7 Å². The summed E-state index contributed by atoms with van der Waals surface area (Å²) >= 11 is 0. The highest BCUT2D eigenvalue weighted by molar-refractivity contribution is 5.85. The molecule has 0 amide bonds. The van der Waals surface area contributed by atoms with Gasteiger partial charge in [-0.05, 0) is 22.8 Å². The van der Waals surface area contributed by atoms with Gasteiger partial charge in [0.15, 0.2) is 11.5 Å². The van der Waals surface area contributed by atoms with Gasteiger partial charge < -0.3 is 19.9 Å². The van der Waals surface area contributed by atoms with E-state index in [1.807, 2.05) is 48.5 Å². The number of hydrogen-bond donors (Lipinski definition) is 1. The molecule has 4 nitrogen and oxygen atoms in total. The average Bonchev–Trinajstić information content (AvgIpc) is 2.77. The SMILES string of the molecule is COc1ccc2c(c1OCc1ccccc1)C[C@@H](c1ccccc1)O[C@H]2CN.Cl. The molecule has 0 bridgehead atoms. The third kappa shape index (κ3) is 4.56. The van der Waals surface area contributed by atoms with Gasteiger partial charge in [-0.2, -0.15) is 0 Å². The Bertz CT molecular complexity index is 918. The van der Waals surface area contributed by atoms with Crippen molar-refractivity contribution < 1.29 is 14.2 Å². The summed E-state index contributed by atoms with van der Waals surface area (Å²) < 4.78 is 18.2. The quantitative estimate of drug-likeness (QED) is 0.619. The van der Waals surface area contributed by atoms with E-state index in [0.717, 1.165) is 40.2 Å². The van der Waals surface area contributed by atoms with E-state index in [0.29, 0.717) is 13.2 Å². The fraction of sp³-hybridized carbons (Fsp3) is 0.250. The predicted molar refractivity (Wildman–Crippen MR) is 117 cm³/mol. The number of fused-ring (bicyclic) bond motifs is 1. The van der Waals surface area contributed by atoms with Gasteiger partial charge in [-0.25, -0.2) is 0 Å². The van der Waals surface area contributed by atoms with Crippen LogP contribution in [0, 0.1) is 0 Å². The van der Waals surface area contributed by atoms with Crippen molar-refractivity contribution in [3.63, 3.8) is 0 Å². The Hall–Kier alpha value is -2.53. The van der Waals surface area contributed by atoms with Crippen LogP contribution in [0.5, 0.6) is 11.5 Å². The van der Waals surface area contributed by atoms with Crippen LogP contribution < -0.4 is 15.2 Å². The van der Waals surface area contributed by atoms with Gasteiger partial charge in [-0.3, -0.25) is 0 Å². The van der Waals surface area contributed by atoms with Crippen molar-refractivity contribution >= 4 is 12.4 Å². The van der Waals surface area contributed by atoms with E-state index in [2.05, 4.69) is 24.3 Å². The molecule has 0 saturated carbocycles.